The van der Waals surface area contributed by atoms with Crippen LogP contribution in [-0.2, 0) is 4.79 Å². The number of amides is 1. The summed E-state index contributed by atoms with van der Waals surface area (Å²) in [7, 11) is 0. The van der Waals surface area contributed by atoms with Crippen molar-refractivity contribution in [3.8, 4) is 0 Å². The molecule has 4 saturated carbocycles. The second-order valence-electron chi connectivity index (χ2n) is 9.59. The van der Waals surface area contributed by atoms with Gasteiger partial charge in [0.2, 0.25) is 11.9 Å². The molecule has 1 aromatic rings. The molecule has 26 heavy (non-hydrogen) atoms. The maximum absolute atomic E-state index is 13.1. The minimum absolute atomic E-state index is 0.115. The van der Waals surface area contributed by atoms with Gasteiger partial charge in [-0.05, 0) is 75.0 Å². The Labute approximate surface area is 156 Å². The van der Waals surface area contributed by atoms with Crippen LogP contribution in [0.3, 0.4) is 0 Å². The molecule has 0 atom stereocenters. The second kappa shape index (κ2) is 6.21. The summed E-state index contributed by atoms with van der Waals surface area (Å²) in [5.41, 5.74) is 0.635. The number of carbonyl (C=O) groups is 1. The van der Waals surface area contributed by atoms with E-state index in [-0.39, 0.29) is 11.3 Å². The molecule has 4 bridgehead atoms. The van der Waals surface area contributed by atoms with Crippen molar-refractivity contribution in [1.29, 1.82) is 0 Å². The second-order valence-corrected chi connectivity index (χ2v) is 9.59. The molecule has 0 spiro atoms. The summed E-state index contributed by atoms with van der Waals surface area (Å²) >= 11 is 0. The van der Waals surface area contributed by atoms with Crippen LogP contribution in [0.2, 0.25) is 0 Å². The van der Waals surface area contributed by atoms with Crippen LogP contribution >= 0.6 is 0 Å². The van der Waals surface area contributed by atoms with Crippen molar-refractivity contribution in [3.63, 3.8) is 0 Å². The Balaban J connectivity index is 1.26. The lowest BCUT2D eigenvalue weighted by atomic mass is 9.49. The highest BCUT2D eigenvalue weighted by molar-refractivity contribution is 5.95. The highest BCUT2D eigenvalue weighted by Crippen LogP contribution is 2.60. The molecule has 1 N–H and O–H groups in total. The number of hydrogen-bond acceptors (Lipinski definition) is 4. The van der Waals surface area contributed by atoms with Crippen LogP contribution in [0.4, 0.5) is 11.6 Å². The third-order valence-electron chi connectivity index (χ3n) is 7.48. The van der Waals surface area contributed by atoms with E-state index in [1.165, 1.54) is 32.1 Å². The number of nitrogens with zero attached hydrogens (tertiary/aromatic N) is 3. The summed E-state index contributed by atoms with van der Waals surface area (Å²) in [6.45, 7) is 4.36. The lowest BCUT2D eigenvalue weighted by Gasteiger charge is -2.55. The molecule has 0 aromatic carbocycles. The molecule has 4 aliphatic carbocycles. The molecule has 2 heterocycles. The highest BCUT2D eigenvalue weighted by atomic mass is 16.2. The Morgan fingerprint density at radius 3 is 2.12 bits per heavy atom. The van der Waals surface area contributed by atoms with Gasteiger partial charge in [0.25, 0.3) is 0 Å². The van der Waals surface area contributed by atoms with Crippen LogP contribution in [0.5, 0.6) is 0 Å². The number of nitrogens with one attached hydrogen (secondary N) is 1. The lowest BCUT2D eigenvalue weighted by Crippen LogP contribution is -2.51. The Morgan fingerprint density at radius 1 is 1.04 bits per heavy atom. The topological polar surface area (TPSA) is 58.1 Å². The first-order chi connectivity index (χ1) is 12.6. The molecule has 1 saturated heterocycles. The number of anilines is 2. The van der Waals surface area contributed by atoms with Crippen LogP contribution < -0.4 is 10.2 Å². The number of hydrogen-bond donors (Lipinski definition) is 1. The van der Waals surface area contributed by atoms with Crippen molar-refractivity contribution in [1.82, 2.24) is 9.97 Å². The molecule has 6 rings (SSSR count). The first-order valence-corrected chi connectivity index (χ1v) is 10.5. The van der Waals surface area contributed by atoms with E-state index in [1.807, 2.05) is 0 Å². The van der Waals surface area contributed by atoms with Gasteiger partial charge in [0.1, 0.15) is 0 Å². The average molecular weight is 354 g/mol. The molecule has 140 valence electrons. The minimum atomic E-state index is -0.115. The Bertz CT molecular complexity index is 642. The van der Waals surface area contributed by atoms with Gasteiger partial charge in [0.15, 0.2) is 0 Å². The largest absolute Gasteiger partial charge is 0.341 e. The highest BCUT2D eigenvalue weighted by Gasteiger charge is 2.54. The first kappa shape index (κ1) is 16.5. The van der Waals surface area contributed by atoms with Gasteiger partial charge < -0.3 is 10.2 Å². The van der Waals surface area contributed by atoms with E-state index in [1.54, 1.807) is 12.4 Å². The van der Waals surface area contributed by atoms with E-state index in [9.17, 15) is 4.79 Å². The predicted octanol–water partition coefficient (Wildman–Crippen LogP) is 3.87. The van der Waals surface area contributed by atoms with Crippen molar-refractivity contribution in [2.45, 2.75) is 58.3 Å². The third kappa shape index (κ3) is 2.89. The summed E-state index contributed by atoms with van der Waals surface area (Å²) < 4.78 is 0. The summed E-state index contributed by atoms with van der Waals surface area (Å²) in [5, 5.41) is 3.15. The molecule has 0 unspecified atom stereocenters. The third-order valence-corrected chi connectivity index (χ3v) is 7.48. The molecular formula is C21H30N4O. The quantitative estimate of drug-likeness (QED) is 0.895. The van der Waals surface area contributed by atoms with Gasteiger partial charge in [-0.2, -0.15) is 0 Å². The molecule has 5 nitrogen and oxygen atoms in total. The Hall–Kier alpha value is -1.65. The van der Waals surface area contributed by atoms with Crippen molar-refractivity contribution in [3.05, 3.63) is 12.4 Å². The van der Waals surface area contributed by atoms with Crippen LogP contribution in [0.25, 0.3) is 0 Å². The van der Waals surface area contributed by atoms with Crippen LogP contribution in [0.1, 0.15) is 58.3 Å². The summed E-state index contributed by atoms with van der Waals surface area (Å²) in [5.74, 6) is 4.17. The van der Waals surface area contributed by atoms with Crippen LogP contribution in [-0.4, -0.2) is 29.0 Å². The zero-order valence-electron chi connectivity index (χ0n) is 15.8. The van der Waals surface area contributed by atoms with Gasteiger partial charge in [-0.1, -0.05) is 6.92 Å². The normalized spacial score (nSPS) is 36.3. The summed E-state index contributed by atoms with van der Waals surface area (Å²) in [6, 6.07) is 0. The summed E-state index contributed by atoms with van der Waals surface area (Å²) in [4.78, 5) is 24.4. The SMILES string of the molecule is CC1CCN(c2ncc(NC(=O)C34CC5CC(CC(C5)C3)C4)cn2)CC1. The fraction of sp³-hybridized carbons (Fsp3) is 0.762. The maximum atomic E-state index is 13.1. The van der Waals surface area contributed by atoms with Crippen molar-refractivity contribution < 1.29 is 4.79 Å². The summed E-state index contributed by atoms with van der Waals surface area (Å²) in [6.07, 6.45) is 13.3. The van der Waals surface area contributed by atoms with Gasteiger partial charge in [-0.25, -0.2) is 9.97 Å². The van der Waals surface area contributed by atoms with Gasteiger partial charge in [-0.15, -0.1) is 0 Å². The Morgan fingerprint density at radius 2 is 1.58 bits per heavy atom. The molecule has 1 amide bonds. The van der Waals surface area contributed by atoms with Crippen molar-refractivity contribution in [2.24, 2.45) is 29.1 Å². The predicted molar refractivity (Wildman–Crippen MR) is 102 cm³/mol. The molecule has 5 aliphatic rings. The Kier molecular flexibility index (Phi) is 3.94. The van der Waals surface area contributed by atoms with Gasteiger partial charge in [0, 0.05) is 13.1 Å². The van der Waals surface area contributed by atoms with Crippen molar-refractivity contribution in [2.75, 3.05) is 23.3 Å². The van der Waals surface area contributed by atoms with E-state index >= 15 is 0 Å². The minimum Gasteiger partial charge on any atom is -0.341 e. The number of piperidine rings is 1. The molecule has 5 fully saturated rings. The maximum Gasteiger partial charge on any atom is 0.230 e. The van der Waals surface area contributed by atoms with Gasteiger partial charge in [-0.3, -0.25) is 4.79 Å². The molecular weight excluding hydrogens is 324 g/mol. The average Bonchev–Trinajstić information content (AvgIpc) is 2.62. The molecule has 0 radical (unpaired) electrons. The van der Waals surface area contributed by atoms with Gasteiger partial charge >= 0.3 is 0 Å². The number of aromatic nitrogens is 2. The van der Waals surface area contributed by atoms with E-state index in [4.69, 9.17) is 0 Å². The van der Waals surface area contributed by atoms with E-state index in [2.05, 4.69) is 27.1 Å². The zero-order chi connectivity index (χ0) is 17.7. The van der Waals surface area contributed by atoms with E-state index < -0.39 is 0 Å². The monoisotopic (exact) mass is 354 g/mol. The fourth-order valence-electron chi connectivity index (χ4n) is 6.41. The lowest BCUT2D eigenvalue weighted by molar-refractivity contribution is -0.140. The standard InChI is InChI=1S/C21H30N4O/c1-14-2-4-25(5-3-14)20-22-12-18(13-23-20)24-19(26)21-9-15-6-16(10-21)8-17(7-15)11-21/h12-17H,2-11H2,1H3,(H,24,26). The zero-order valence-corrected chi connectivity index (χ0v) is 15.8. The smallest absolute Gasteiger partial charge is 0.230 e. The molecule has 5 heteroatoms. The fourth-order valence-corrected chi connectivity index (χ4v) is 6.41. The molecule has 1 aliphatic heterocycles. The number of carbonyl (C=O) groups excluding carboxylic acids is 1. The van der Waals surface area contributed by atoms with E-state index in [0.717, 1.165) is 67.7 Å². The van der Waals surface area contributed by atoms with E-state index in [0.29, 0.717) is 0 Å². The van der Waals surface area contributed by atoms with Crippen LogP contribution in [0, 0.1) is 29.1 Å². The number of rotatable bonds is 3. The van der Waals surface area contributed by atoms with Gasteiger partial charge in [0.05, 0.1) is 23.5 Å². The first-order valence-electron chi connectivity index (χ1n) is 10.5. The molecule has 1 aromatic heterocycles. The van der Waals surface area contributed by atoms with Crippen LogP contribution in [0.15, 0.2) is 12.4 Å². The van der Waals surface area contributed by atoms with Crippen molar-refractivity contribution >= 4 is 17.5 Å².